The Hall–Kier alpha value is -0.670. The van der Waals surface area contributed by atoms with Gasteiger partial charge in [-0.05, 0) is 43.4 Å². The smallest absolute Gasteiger partial charge is 0.132 e. The molecule has 1 aliphatic rings. The van der Waals surface area contributed by atoms with Crippen LogP contribution in [0.5, 0.6) is 5.75 Å². The van der Waals surface area contributed by atoms with Gasteiger partial charge in [0.1, 0.15) is 5.75 Å². The lowest BCUT2D eigenvalue weighted by Gasteiger charge is -2.35. The van der Waals surface area contributed by atoms with E-state index in [1.807, 2.05) is 23.9 Å². The molecule has 3 unspecified atom stereocenters. The van der Waals surface area contributed by atoms with Crippen LogP contribution in [0.1, 0.15) is 32.6 Å². The summed E-state index contributed by atoms with van der Waals surface area (Å²) in [6, 6.07) is 8.31. The highest BCUT2D eigenvalue weighted by Crippen LogP contribution is 2.42. The maximum Gasteiger partial charge on any atom is 0.132 e. The van der Waals surface area contributed by atoms with Crippen molar-refractivity contribution < 1.29 is 4.74 Å². The lowest BCUT2D eigenvalue weighted by molar-refractivity contribution is 0.283. The van der Waals surface area contributed by atoms with Gasteiger partial charge in [0.2, 0.25) is 0 Å². The molecule has 0 aromatic heterocycles. The van der Waals surface area contributed by atoms with E-state index in [0.29, 0.717) is 11.2 Å². The highest BCUT2D eigenvalue weighted by atomic mass is 32.2. The highest BCUT2D eigenvalue weighted by molar-refractivity contribution is 8.00. The third kappa shape index (κ3) is 3.67. The van der Waals surface area contributed by atoms with Gasteiger partial charge in [-0.3, -0.25) is 0 Å². The predicted octanol–water partition coefficient (Wildman–Crippen LogP) is 3.94. The van der Waals surface area contributed by atoms with E-state index in [-0.39, 0.29) is 0 Å². The van der Waals surface area contributed by atoms with E-state index in [0.717, 1.165) is 18.2 Å². The summed E-state index contributed by atoms with van der Waals surface area (Å²) in [6.07, 6.45) is 5.21. The molecule has 1 saturated carbocycles. The monoisotopic (exact) mass is 279 g/mol. The molecular formula is C16H25NOS. The Morgan fingerprint density at radius 3 is 2.79 bits per heavy atom. The van der Waals surface area contributed by atoms with Gasteiger partial charge < -0.3 is 10.5 Å². The van der Waals surface area contributed by atoms with Crippen molar-refractivity contribution in [2.45, 2.75) is 42.8 Å². The molecule has 106 valence electrons. The number of nitrogens with two attached hydrogens (primary N) is 1. The number of benzene rings is 1. The van der Waals surface area contributed by atoms with Gasteiger partial charge in [0, 0.05) is 10.1 Å². The predicted molar refractivity (Wildman–Crippen MR) is 82.8 cm³/mol. The second kappa shape index (κ2) is 7.20. The number of rotatable bonds is 5. The van der Waals surface area contributed by atoms with Crippen LogP contribution in [0.2, 0.25) is 0 Å². The summed E-state index contributed by atoms with van der Waals surface area (Å²) < 4.78 is 5.46. The molecule has 0 aliphatic heterocycles. The summed E-state index contributed by atoms with van der Waals surface area (Å²) >= 11 is 1.96. The van der Waals surface area contributed by atoms with Crippen LogP contribution in [0.25, 0.3) is 0 Å². The maximum atomic E-state index is 5.96. The fourth-order valence-corrected chi connectivity index (χ4v) is 4.50. The molecule has 1 aromatic rings. The summed E-state index contributed by atoms with van der Waals surface area (Å²) in [7, 11) is 1.75. The number of methoxy groups -OCH3 is 1. The van der Waals surface area contributed by atoms with Gasteiger partial charge in [-0.15, -0.1) is 11.8 Å². The van der Waals surface area contributed by atoms with Gasteiger partial charge in [-0.25, -0.2) is 0 Å². The quantitative estimate of drug-likeness (QED) is 0.886. The number of ether oxygens (including phenoxy) is 1. The van der Waals surface area contributed by atoms with Gasteiger partial charge in [-0.1, -0.05) is 31.9 Å². The third-order valence-corrected chi connectivity index (χ3v) is 5.74. The van der Waals surface area contributed by atoms with Gasteiger partial charge in [0.15, 0.2) is 0 Å². The summed E-state index contributed by atoms with van der Waals surface area (Å²) in [5.74, 6) is 2.51. The zero-order valence-electron chi connectivity index (χ0n) is 12.0. The highest BCUT2D eigenvalue weighted by Gasteiger charge is 2.30. The zero-order chi connectivity index (χ0) is 13.7. The number of hydrogen-bond donors (Lipinski definition) is 1. The molecule has 3 heteroatoms. The van der Waals surface area contributed by atoms with Crippen LogP contribution < -0.4 is 10.5 Å². The van der Waals surface area contributed by atoms with E-state index in [9.17, 15) is 0 Å². The Bertz CT molecular complexity index is 396. The van der Waals surface area contributed by atoms with E-state index in [1.54, 1.807) is 7.11 Å². The van der Waals surface area contributed by atoms with Crippen molar-refractivity contribution in [2.24, 2.45) is 17.6 Å². The molecule has 0 bridgehead atoms. The summed E-state index contributed by atoms with van der Waals surface area (Å²) in [6.45, 7) is 3.11. The topological polar surface area (TPSA) is 35.2 Å². The van der Waals surface area contributed by atoms with E-state index >= 15 is 0 Å². The number of thioether (sulfide) groups is 1. The van der Waals surface area contributed by atoms with Crippen LogP contribution in [0.15, 0.2) is 29.2 Å². The van der Waals surface area contributed by atoms with Gasteiger partial charge in [0.05, 0.1) is 7.11 Å². The second-order valence-corrected chi connectivity index (χ2v) is 6.67. The van der Waals surface area contributed by atoms with Gasteiger partial charge in [-0.2, -0.15) is 0 Å². The first-order chi connectivity index (χ1) is 9.28. The first-order valence-electron chi connectivity index (χ1n) is 7.28. The normalized spacial score (nSPS) is 27.2. The van der Waals surface area contributed by atoms with E-state index < -0.39 is 0 Å². The van der Waals surface area contributed by atoms with E-state index in [4.69, 9.17) is 10.5 Å². The average Bonchev–Trinajstić information content (AvgIpc) is 2.47. The largest absolute Gasteiger partial charge is 0.496 e. The van der Waals surface area contributed by atoms with Gasteiger partial charge >= 0.3 is 0 Å². The van der Waals surface area contributed by atoms with Crippen LogP contribution in [-0.4, -0.2) is 18.9 Å². The van der Waals surface area contributed by atoms with Crippen molar-refractivity contribution in [2.75, 3.05) is 13.7 Å². The van der Waals surface area contributed by atoms with Crippen molar-refractivity contribution in [1.82, 2.24) is 0 Å². The lowest BCUT2D eigenvalue weighted by atomic mass is 9.80. The minimum Gasteiger partial charge on any atom is -0.496 e. The standard InChI is InChI=1S/C16H25NOS/c1-3-12-8-9-13(11-17)16(10-12)19-15-7-5-4-6-14(15)18-2/h4-7,12-13,16H,3,8-11,17H2,1-2H3. The maximum absolute atomic E-state index is 5.96. The molecule has 0 amide bonds. The minimum atomic E-state index is 0.639. The summed E-state index contributed by atoms with van der Waals surface area (Å²) in [5.41, 5.74) is 5.96. The van der Waals surface area contributed by atoms with Gasteiger partial charge in [0.25, 0.3) is 0 Å². The van der Waals surface area contributed by atoms with E-state index in [2.05, 4.69) is 19.1 Å². The van der Waals surface area contributed by atoms with Crippen molar-refractivity contribution in [1.29, 1.82) is 0 Å². The number of para-hydroxylation sites is 1. The Balaban J connectivity index is 2.09. The first kappa shape index (κ1) is 14.7. The average molecular weight is 279 g/mol. The second-order valence-electron chi connectivity index (χ2n) is 5.39. The lowest BCUT2D eigenvalue weighted by Crippen LogP contribution is -2.32. The molecule has 0 radical (unpaired) electrons. The molecule has 1 aromatic carbocycles. The van der Waals surface area contributed by atoms with Crippen LogP contribution in [0.4, 0.5) is 0 Å². The van der Waals surface area contributed by atoms with Crippen LogP contribution >= 0.6 is 11.8 Å². The minimum absolute atomic E-state index is 0.639. The van der Waals surface area contributed by atoms with Crippen molar-refractivity contribution in [3.63, 3.8) is 0 Å². The van der Waals surface area contributed by atoms with Crippen molar-refractivity contribution >= 4 is 11.8 Å². The third-order valence-electron chi connectivity index (χ3n) is 4.26. The molecule has 1 fully saturated rings. The van der Waals surface area contributed by atoms with Crippen molar-refractivity contribution in [3.8, 4) is 5.75 Å². The molecule has 2 N–H and O–H groups in total. The molecule has 3 atom stereocenters. The molecule has 0 saturated heterocycles. The molecule has 0 spiro atoms. The summed E-state index contributed by atoms with van der Waals surface area (Å²) in [4.78, 5) is 1.25. The Morgan fingerprint density at radius 1 is 1.32 bits per heavy atom. The molecule has 0 heterocycles. The SMILES string of the molecule is CCC1CCC(CN)C(Sc2ccccc2OC)C1. The Kier molecular flexibility index (Phi) is 5.59. The molecule has 1 aliphatic carbocycles. The molecule has 2 nitrogen and oxygen atoms in total. The van der Waals surface area contributed by atoms with E-state index in [1.165, 1.54) is 30.6 Å². The fraction of sp³-hybridized carbons (Fsp3) is 0.625. The first-order valence-corrected chi connectivity index (χ1v) is 8.16. The Morgan fingerprint density at radius 2 is 2.11 bits per heavy atom. The van der Waals surface area contributed by atoms with Crippen LogP contribution in [0.3, 0.4) is 0 Å². The van der Waals surface area contributed by atoms with Crippen molar-refractivity contribution in [3.05, 3.63) is 24.3 Å². The van der Waals surface area contributed by atoms with Crippen LogP contribution in [-0.2, 0) is 0 Å². The summed E-state index contributed by atoms with van der Waals surface area (Å²) in [5, 5.41) is 0.639. The molecular weight excluding hydrogens is 254 g/mol. The fourth-order valence-electron chi connectivity index (χ4n) is 2.94. The molecule has 19 heavy (non-hydrogen) atoms. The number of hydrogen-bond acceptors (Lipinski definition) is 3. The van der Waals surface area contributed by atoms with Crippen LogP contribution in [0, 0.1) is 11.8 Å². The Labute approximate surface area is 121 Å². The zero-order valence-corrected chi connectivity index (χ0v) is 12.8. The molecule has 2 rings (SSSR count).